The van der Waals surface area contributed by atoms with Crippen molar-refractivity contribution >= 4 is 27.4 Å². The molecule has 0 radical (unpaired) electrons. The van der Waals surface area contributed by atoms with E-state index in [0.29, 0.717) is 30.4 Å². The first kappa shape index (κ1) is 14.6. The number of aryl methyl sites for hydroxylation is 1. The Morgan fingerprint density at radius 1 is 1.43 bits per heavy atom. The van der Waals surface area contributed by atoms with E-state index in [2.05, 4.69) is 14.9 Å². The number of furan rings is 1. The van der Waals surface area contributed by atoms with Crippen LogP contribution in [0, 0.1) is 6.92 Å². The van der Waals surface area contributed by atoms with E-state index in [1.807, 2.05) is 25.1 Å². The lowest BCUT2D eigenvalue weighted by Gasteiger charge is -2.12. The molecule has 23 heavy (non-hydrogen) atoms. The Morgan fingerprint density at radius 2 is 2.30 bits per heavy atom. The van der Waals surface area contributed by atoms with Crippen molar-refractivity contribution in [3.63, 3.8) is 0 Å². The van der Waals surface area contributed by atoms with Crippen molar-refractivity contribution in [3.8, 4) is 11.6 Å². The standard InChI is InChI=1S/C16H17FN4OS/c1-9-2-3-13(22-9)15-19-14(18)12-6-11(23-16(12)20-15)8-21-5-4-10(17)7-21/h2-3,6,10H,4-5,7-8H2,1H3,(H2,18,19,20)/t10-/m0/s1. The van der Waals surface area contributed by atoms with Gasteiger partial charge in [-0.15, -0.1) is 11.3 Å². The highest BCUT2D eigenvalue weighted by atomic mass is 32.1. The number of aromatic nitrogens is 2. The maximum atomic E-state index is 13.3. The van der Waals surface area contributed by atoms with E-state index in [0.717, 1.165) is 33.9 Å². The minimum absolute atomic E-state index is 0.450. The number of likely N-dealkylation sites (tertiary alicyclic amines) is 1. The summed E-state index contributed by atoms with van der Waals surface area (Å²) in [6, 6.07) is 5.73. The molecule has 0 bridgehead atoms. The van der Waals surface area contributed by atoms with Gasteiger partial charge in [0, 0.05) is 24.5 Å². The molecule has 1 aliphatic heterocycles. The van der Waals surface area contributed by atoms with Crippen LogP contribution in [0.1, 0.15) is 17.1 Å². The van der Waals surface area contributed by atoms with Crippen LogP contribution in [-0.2, 0) is 6.54 Å². The summed E-state index contributed by atoms with van der Waals surface area (Å²) in [7, 11) is 0. The Labute approximate surface area is 136 Å². The zero-order valence-corrected chi connectivity index (χ0v) is 13.6. The molecule has 7 heteroatoms. The van der Waals surface area contributed by atoms with Crippen LogP contribution >= 0.6 is 11.3 Å². The van der Waals surface area contributed by atoms with E-state index in [-0.39, 0.29) is 0 Å². The number of hydrogen-bond acceptors (Lipinski definition) is 6. The Hall–Kier alpha value is -1.99. The molecule has 1 fully saturated rings. The van der Waals surface area contributed by atoms with Crippen LogP contribution in [0.25, 0.3) is 21.8 Å². The van der Waals surface area contributed by atoms with Crippen LogP contribution in [0.15, 0.2) is 22.6 Å². The maximum Gasteiger partial charge on any atom is 0.199 e. The summed E-state index contributed by atoms with van der Waals surface area (Å²) in [6.45, 7) is 3.92. The van der Waals surface area contributed by atoms with Crippen LogP contribution < -0.4 is 5.73 Å². The van der Waals surface area contributed by atoms with Gasteiger partial charge in [-0.25, -0.2) is 14.4 Å². The Balaban J connectivity index is 1.66. The van der Waals surface area contributed by atoms with E-state index >= 15 is 0 Å². The molecular formula is C16H17FN4OS. The van der Waals surface area contributed by atoms with E-state index in [9.17, 15) is 4.39 Å². The van der Waals surface area contributed by atoms with Crippen LogP contribution in [-0.4, -0.2) is 34.1 Å². The molecular weight excluding hydrogens is 315 g/mol. The number of fused-ring (bicyclic) bond motifs is 1. The molecule has 0 aromatic carbocycles. The number of nitrogens with zero attached hydrogens (tertiary/aromatic N) is 3. The molecule has 2 N–H and O–H groups in total. The average Bonchev–Trinajstić information content (AvgIpc) is 3.20. The molecule has 3 aromatic heterocycles. The summed E-state index contributed by atoms with van der Waals surface area (Å²) < 4.78 is 18.9. The second-order valence-electron chi connectivity index (χ2n) is 5.90. The van der Waals surface area contributed by atoms with Gasteiger partial charge in [0.25, 0.3) is 0 Å². The zero-order chi connectivity index (χ0) is 16.0. The fourth-order valence-corrected chi connectivity index (χ4v) is 3.96. The lowest BCUT2D eigenvalue weighted by atomic mass is 10.3. The van der Waals surface area contributed by atoms with Crippen molar-refractivity contribution in [2.24, 2.45) is 0 Å². The largest absolute Gasteiger partial charge is 0.458 e. The van der Waals surface area contributed by atoms with Gasteiger partial charge in [-0.2, -0.15) is 0 Å². The van der Waals surface area contributed by atoms with Crippen molar-refractivity contribution in [2.75, 3.05) is 18.8 Å². The summed E-state index contributed by atoms with van der Waals surface area (Å²) in [5.74, 6) is 2.38. The fourth-order valence-electron chi connectivity index (χ4n) is 2.89. The Kier molecular flexibility index (Phi) is 3.54. The molecule has 120 valence electrons. The minimum Gasteiger partial charge on any atom is -0.458 e. The Bertz CT molecular complexity index is 859. The number of alkyl halides is 1. The van der Waals surface area contributed by atoms with E-state index in [1.54, 1.807) is 11.3 Å². The van der Waals surface area contributed by atoms with Crippen LogP contribution in [0.5, 0.6) is 0 Å². The number of nitrogen functional groups attached to an aromatic ring is 1. The predicted molar refractivity (Wildman–Crippen MR) is 89.1 cm³/mol. The molecule has 4 rings (SSSR count). The van der Waals surface area contributed by atoms with Gasteiger partial charge in [0.15, 0.2) is 11.6 Å². The van der Waals surface area contributed by atoms with Crippen molar-refractivity contribution in [1.29, 1.82) is 0 Å². The molecule has 1 aliphatic rings. The number of anilines is 1. The maximum absolute atomic E-state index is 13.3. The van der Waals surface area contributed by atoms with E-state index < -0.39 is 6.17 Å². The van der Waals surface area contributed by atoms with Crippen LogP contribution in [0.4, 0.5) is 10.2 Å². The van der Waals surface area contributed by atoms with Crippen molar-refractivity contribution in [3.05, 3.63) is 28.8 Å². The number of halogens is 1. The summed E-state index contributed by atoms with van der Waals surface area (Å²) in [4.78, 5) is 13.0. The van der Waals surface area contributed by atoms with Gasteiger partial charge in [0.2, 0.25) is 0 Å². The number of hydrogen-bond donors (Lipinski definition) is 1. The molecule has 0 unspecified atom stereocenters. The molecule has 3 aromatic rings. The molecule has 0 amide bonds. The zero-order valence-electron chi connectivity index (χ0n) is 12.8. The van der Waals surface area contributed by atoms with Gasteiger partial charge in [-0.1, -0.05) is 0 Å². The van der Waals surface area contributed by atoms with Crippen LogP contribution in [0.3, 0.4) is 0 Å². The SMILES string of the molecule is Cc1ccc(-c2nc(N)c3cc(CN4CC[C@H](F)C4)sc3n2)o1. The second-order valence-corrected chi connectivity index (χ2v) is 7.01. The third-order valence-electron chi connectivity index (χ3n) is 4.03. The third kappa shape index (κ3) is 2.82. The van der Waals surface area contributed by atoms with Gasteiger partial charge < -0.3 is 10.2 Å². The number of nitrogens with two attached hydrogens (primary N) is 1. The monoisotopic (exact) mass is 332 g/mol. The molecule has 1 atom stereocenters. The van der Waals surface area contributed by atoms with E-state index in [4.69, 9.17) is 10.2 Å². The van der Waals surface area contributed by atoms with E-state index in [1.165, 1.54) is 0 Å². The molecule has 0 aliphatic carbocycles. The van der Waals surface area contributed by atoms with Crippen molar-refractivity contribution in [2.45, 2.75) is 26.1 Å². The molecule has 0 saturated carbocycles. The van der Waals surface area contributed by atoms with Gasteiger partial charge in [-0.3, -0.25) is 4.90 Å². The number of rotatable bonds is 3. The highest BCUT2D eigenvalue weighted by Crippen LogP contribution is 2.31. The van der Waals surface area contributed by atoms with Crippen molar-refractivity contribution < 1.29 is 8.81 Å². The first-order valence-corrected chi connectivity index (χ1v) is 8.39. The minimum atomic E-state index is -0.706. The lowest BCUT2D eigenvalue weighted by molar-refractivity contribution is 0.284. The van der Waals surface area contributed by atoms with Gasteiger partial charge >= 0.3 is 0 Å². The van der Waals surface area contributed by atoms with Gasteiger partial charge in [0.05, 0.1) is 5.39 Å². The van der Waals surface area contributed by atoms with Gasteiger partial charge in [0.1, 0.15) is 22.6 Å². The molecule has 5 nitrogen and oxygen atoms in total. The first-order valence-electron chi connectivity index (χ1n) is 7.57. The first-order chi connectivity index (χ1) is 11.1. The molecule has 1 saturated heterocycles. The summed E-state index contributed by atoms with van der Waals surface area (Å²) >= 11 is 1.58. The third-order valence-corrected chi connectivity index (χ3v) is 5.04. The smallest absolute Gasteiger partial charge is 0.199 e. The predicted octanol–water partition coefficient (Wildman–Crippen LogP) is 3.39. The average molecular weight is 332 g/mol. The summed E-state index contributed by atoms with van der Waals surface area (Å²) in [5.41, 5.74) is 6.09. The molecule has 4 heterocycles. The summed E-state index contributed by atoms with van der Waals surface area (Å²) in [6.07, 6.45) is -0.0857. The highest BCUT2D eigenvalue weighted by Gasteiger charge is 2.22. The Morgan fingerprint density at radius 3 is 3.00 bits per heavy atom. The summed E-state index contributed by atoms with van der Waals surface area (Å²) in [5, 5.41) is 0.855. The normalized spacial score (nSPS) is 19.0. The highest BCUT2D eigenvalue weighted by molar-refractivity contribution is 7.18. The molecule has 0 spiro atoms. The van der Waals surface area contributed by atoms with Crippen molar-refractivity contribution in [1.82, 2.24) is 14.9 Å². The fraction of sp³-hybridized carbons (Fsp3) is 0.375. The second kappa shape index (κ2) is 5.58. The quantitative estimate of drug-likeness (QED) is 0.796. The van der Waals surface area contributed by atoms with Crippen LogP contribution in [0.2, 0.25) is 0 Å². The number of thiophene rings is 1. The van der Waals surface area contributed by atoms with Gasteiger partial charge in [-0.05, 0) is 31.5 Å². The lowest BCUT2D eigenvalue weighted by Crippen LogP contribution is -2.19. The topological polar surface area (TPSA) is 68.2 Å².